The zero-order valence-corrected chi connectivity index (χ0v) is 32.1. The SMILES string of the molecule is COc1ccc(Cn2c(C#N)c(-c3cn(CC4(NS(=O)(=O)c5ccc(C)cc5)CCCC4)c4ccccc34)n(-c3cn(C)c4ccccc34)c2=O)c(OC)c1. The molecule has 1 fully saturated rings. The van der Waals surface area contributed by atoms with E-state index in [4.69, 9.17) is 9.47 Å². The minimum Gasteiger partial charge on any atom is -0.497 e. The van der Waals surface area contributed by atoms with Crippen molar-refractivity contribution in [2.45, 2.75) is 56.1 Å². The van der Waals surface area contributed by atoms with Gasteiger partial charge in [-0.05, 0) is 56.2 Å². The largest absolute Gasteiger partial charge is 0.497 e. The average molecular weight is 755 g/mol. The van der Waals surface area contributed by atoms with E-state index in [1.165, 1.54) is 4.57 Å². The lowest BCUT2D eigenvalue weighted by atomic mass is 9.99. The number of benzene rings is 4. The molecule has 1 aliphatic rings. The van der Waals surface area contributed by atoms with E-state index in [-0.39, 0.29) is 22.8 Å². The van der Waals surface area contributed by atoms with Crippen molar-refractivity contribution in [2.24, 2.45) is 7.05 Å². The highest BCUT2D eigenvalue weighted by molar-refractivity contribution is 7.89. The van der Waals surface area contributed by atoms with Gasteiger partial charge in [0, 0.05) is 65.0 Å². The quantitative estimate of drug-likeness (QED) is 0.148. The highest BCUT2D eigenvalue weighted by atomic mass is 32.2. The van der Waals surface area contributed by atoms with Crippen LogP contribution in [-0.4, -0.2) is 46.4 Å². The second kappa shape index (κ2) is 14.0. The Morgan fingerprint density at radius 1 is 0.873 bits per heavy atom. The third-order valence-electron chi connectivity index (χ3n) is 10.9. The first kappa shape index (κ1) is 36.0. The molecule has 1 saturated carbocycles. The number of rotatable bonds is 11. The number of nitrogens with zero attached hydrogens (tertiary/aromatic N) is 5. The number of nitrogens with one attached hydrogen (secondary N) is 1. The lowest BCUT2D eigenvalue weighted by Gasteiger charge is -2.31. The molecule has 0 radical (unpaired) electrons. The standard InChI is InChI=1S/C43H42N6O5S/c1-29-15-19-32(20-16-29)55(51,52)45-43(21-9-10-22-43)28-47-26-35(33-11-5-8-14-37(33)47)41-38(24-44)48(25-30-17-18-31(53-3)23-40(30)54-4)42(50)49(41)39-27-46(2)36-13-7-6-12-34(36)39/h5-8,11-20,23,26-27,45H,9-10,21-22,25,28H2,1-4H3. The van der Waals surface area contributed by atoms with Crippen LogP contribution in [0.4, 0.5) is 0 Å². The van der Waals surface area contributed by atoms with Crippen LogP contribution in [0, 0.1) is 18.3 Å². The van der Waals surface area contributed by atoms with Crippen LogP contribution in [0.1, 0.15) is 42.5 Å². The fraction of sp³-hybridized carbons (Fsp3) is 0.256. The van der Waals surface area contributed by atoms with Gasteiger partial charge in [0.2, 0.25) is 10.0 Å². The number of aryl methyl sites for hydroxylation is 2. The summed E-state index contributed by atoms with van der Waals surface area (Å²) in [5.74, 6) is 1.14. The van der Waals surface area contributed by atoms with Crippen molar-refractivity contribution in [3.8, 4) is 34.5 Å². The first-order valence-corrected chi connectivity index (χ1v) is 19.7. The highest BCUT2D eigenvalue weighted by Crippen LogP contribution is 2.39. The normalized spacial score (nSPS) is 14.1. The van der Waals surface area contributed by atoms with Gasteiger partial charge in [-0.25, -0.2) is 17.9 Å². The van der Waals surface area contributed by atoms with Gasteiger partial charge in [-0.15, -0.1) is 0 Å². The molecule has 1 N–H and O–H groups in total. The topological polar surface area (TPSA) is 125 Å². The van der Waals surface area contributed by atoms with Crippen LogP contribution in [0.15, 0.2) is 113 Å². The molecule has 0 atom stereocenters. The molecule has 12 heteroatoms. The van der Waals surface area contributed by atoms with E-state index in [1.807, 2.05) is 85.5 Å². The van der Waals surface area contributed by atoms with Crippen molar-refractivity contribution in [1.82, 2.24) is 23.0 Å². The Kier molecular flexibility index (Phi) is 9.15. The summed E-state index contributed by atoms with van der Waals surface area (Å²) < 4.78 is 49.1. The van der Waals surface area contributed by atoms with Crippen molar-refractivity contribution in [3.63, 3.8) is 0 Å². The number of imidazole rings is 1. The van der Waals surface area contributed by atoms with Gasteiger partial charge in [-0.1, -0.05) is 66.9 Å². The second-order valence-corrected chi connectivity index (χ2v) is 16.1. The van der Waals surface area contributed by atoms with E-state index in [0.29, 0.717) is 53.4 Å². The van der Waals surface area contributed by atoms with Gasteiger partial charge < -0.3 is 18.6 Å². The molecule has 1 aliphatic carbocycles. The number of fused-ring (bicyclic) bond motifs is 2. The van der Waals surface area contributed by atoms with Gasteiger partial charge in [-0.3, -0.25) is 9.13 Å². The third-order valence-corrected chi connectivity index (χ3v) is 12.5. The van der Waals surface area contributed by atoms with Crippen LogP contribution in [0.25, 0.3) is 38.8 Å². The number of ether oxygens (including phenoxy) is 2. The first-order chi connectivity index (χ1) is 26.6. The van der Waals surface area contributed by atoms with Crippen LogP contribution in [0.5, 0.6) is 11.5 Å². The molecule has 3 heterocycles. The van der Waals surface area contributed by atoms with Crippen molar-refractivity contribution in [1.29, 1.82) is 5.26 Å². The highest BCUT2D eigenvalue weighted by Gasteiger charge is 2.39. The Hall–Kier alpha value is -6.03. The van der Waals surface area contributed by atoms with Crippen LogP contribution >= 0.6 is 0 Å². The minimum atomic E-state index is -3.83. The average Bonchev–Trinajstić information content (AvgIpc) is 3.95. The van der Waals surface area contributed by atoms with Crippen molar-refractivity contribution < 1.29 is 17.9 Å². The summed E-state index contributed by atoms with van der Waals surface area (Å²) in [6.45, 7) is 2.36. The summed E-state index contributed by atoms with van der Waals surface area (Å²) in [4.78, 5) is 15.2. The van der Waals surface area contributed by atoms with Gasteiger partial charge in [-0.2, -0.15) is 5.26 Å². The molecule has 0 spiro atoms. The molecule has 0 aliphatic heterocycles. The minimum absolute atomic E-state index is 0.0716. The van der Waals surface area contributed by atoms with E-state index < -0.39 is 15.6 Å². The molecule has 0 saturated heterocycles. The predicted octanol–water partition coefficient (Wildman–Crippen LogP) is 7.29. The maximum Gasteiger partial charge on any atom is 0.334 e. The lowest BCUT2D eigenvalue weighted by Crippen LogP contribution is -2.49. The summed E-state index contributed by atoms with van der Waals surface area (Å²) in [6.07, 6.45) is 7.01. The number of methoxy groups -OCH3 is 2. The van der Waals surface area contributed by atoms with Gasteiger partial charge >= 0.3 is 5.69 Å². The number of hydrogen-bond donors (Lipinski definition) is 1. The number of aromatic nitrogens is 4. The predicted molar refractivity (Wildman–Crippen MR) is 214 cm³/mol. The molecular formula is C43H42N6O5S. The van der Waals surface area contributed by atoms with E-state index >= 15 is 0 Å². The van der Waals surface area contributed by atoms with Crippen LogP contribution in [0.3, 0.4) is 0 Å². The van der Waals surface area contributed by atoms with Gasteiger partial charge in [0.15, 0.2) is 0 Å². The summed E-state index contributed by atoms with van der Waals surface area (Å²) in [5, 5.41) is 12.7. The number of hydrogen-bond acceptors (Lipinski definition) is 6. The fourth-order valence-corrected chi connectivity index (χ4v) is 9.68. The fourth-order valence-electron chi connectivity index (χ4n) is 8.23. The number of para-hydroxylation sites is 2. The molecule has 11 nitrogen and oxygen atoms in total. The van der Waals surface area contributed by atoms with E-state index in [2.05, 4.69) is 15.4 Å². The second-order valence-electron chi connectivity index (χ2n) is 14.4. The zero-order chi connectivity index (χ0) is 38.5. The number of nitriles is 1. The monoisotopic (exact) mass is 754 g/mol. The summed E-state index contributed by atoms with van der Waals surface area (Å²) in [7, 11) is 1.25. The molecule has 3 aromatic heterocycles. The van der Waals surface area contributed by atoms with Gasteiger partial charge in [0.05, 0.1) is 42.6 Å². The Bertz CT molecular complexity index is 2790. The van der Waals surface area contributed by atoms with Crippen LogP contribution in [0.2, 0.25) is 0 Å². The van der Waals surface area contributed by atoms with Crippen LogP contribution in [-0.2, 0) is 30.2 Å². The third kappa shape index (κ3) is 6.29. The smallest absolute Gasteiger partial charge is 0.334 e. The van der Waals surface area contributed by atoms with E-state index in [1.54, 1.807) is 55.2 Å². The maximum atomic E-state index is 14.9. The molecule has 55 heavy (non-hydrogen) atoms. The summed E-state index contributed by atoms with van der Waals surface area (Å²) in [5.41, 5.74) is 4.34. The Morgan fingerprint density at radius 3 is 2.25 bits per heavy atom. The molecule has 0 unspecified atom stereocenters. The molecule has 0 bridgehead atoms. The molecule has 280 valence electrons. The Balaban J connectivity index is 1.33. The van der Waals surface area contributed by atoms with Gasteiger partial charge in [0.1, 0.15) is 23.3 Å². The molecule has 7 aromatic rings. The summed E-state index contributed by atoms with van der Waals surface area (Å²) in [6, 6.07) is 30.4. The lowest BCUT2D eigenvalue weighted by molar-refractivity contribution is 0.339. The molecule has 8 rings (SSSR count). The van der Waals surface area contributed by atoms with E-state index in [0.717, 1.165) is 40.2 Å². The number of sulfonamides is 1. The molecular weight excluding hydrogens is 713 g/mol. The van der Waals surface area contributed by atoms with Gasteiger partial charge in [0.25, 0.3) is 0 Å². The Morgan fingerprint density at radius 2 is 1.56 bits per heavy atom. The van der Waals surface area contributed by atoms with Crippen LogP contribution < -0.4 is 19.9 Å². The molecule has 0 amide bonds. The molecule has 4 aromatic carbocycles. The van der Waals surface area contributed by atoms with Crippen molar-refractivity contribution >= 4 is 31.8 Å². The Labute approximate surface area is 319 Å². The van der Waals surface area contributed by atoms with Crippen molar-refractivity contribution in [2.75, 3.05) is 14.2 Å². The van der Waals surface area contributed by atoms with Crippen molar-refractivity contribution in [3.05, 3.63) is 131 Å². The maximum absolute atomic E-state index is 14.9. The van der Waals surface area contributed by atoms with E-state index in [9.17, 15) is 18.5 Å². The first-order valence-electron chi connectivity index (χ1n) is 18.3. The zero-order valence-electron chi connectivity index (χ0n) is 31.2. The summed E-state index contributed by atoms with van der Waals surface area (Å²) >= 11 is 0.